The first-order valence-corrected chi connectivity index (χ1v) is 5.58. The molecule has 15 heavy (non-hydrogen) atoms. The van der Waals surface area contributed by atoms with E-state index < -0.39 is 0 Å². The zero-order valence-corrected chi connectivity index (χ0v) is 9.07. The molecule has 1 saturated heterocycles. The molecule has 1 unspecified atom stereocenters. The van der Waals surface area contributed by atoms with Crippen molar-refractivity contribution in [2.75, 3.05) is 18.9 Å². The van der Waals surface area contributed by atoms with Crippen LogP contribution in [0.5, 0.6) is 0 Å². The molecule has 1 spiro atoms. The van der Waals surface area contributed by atoms with Crippen molar-refractivity contribution < 1.29 is 4.74 Å². The largest absolute Gasteiger partial charge is 0.384 e. The number of hydrogen-bond acceptors (Lipinski definition) is 3. The van der Waals surface area contributed by atoms with E-state index in [1.807, 2.05) is 13.1 Å². The number of rotatable bonds is 1. The summed E-state index contributed by atoms with van der Waals surface area (Å²) in [6.45, 7) is 1.83. The van der Waals surface area contributed by atoms with E-state index in [0.717, 1.165) is 19.0 Å². The number of nitrogen functional groups attached to an aromatic ring is 1. The van der Waals surface area contributed by atoms with E-state index in [2.05, 4.69) is 5.10 Å². The topological polar surface area (TPSA) is 53.1 Å². The van der Waals surface area contributed by atoms with Gasteiger partial charge in [-0.15, -0.1) is 0 Å². The number of hydrogen-bond donors (Lipinski definition) is 1. The van der Waals surface area contributed by atoms with Crippen LogP contribution >= 0.6 is 0 Å². The predicted octanol–water partition coefficient (Wildman–Crippen LogP) is 1.29. The van der Waals surface area contributed by atoms with Gasteiger partial charge in [-0.05, 0) is 24.7 Å². The van der Waals surface area contributed by atoms with Gasteiger partial charge in [-0.1, -0.05) is 0 Å². The van der Waals surface area contributed by atoms with Crippen LogP contribution in [-0.2, 0) is 11.8 Å². The summed E-state index contributed by atoms with van der Waals surface area (Å²) < 4.78 is 7.17. The van der Waals surface area contributed by atoms with Gasteiger partial charge in [0.15, 0.2) is 0 Å². The Kier molecular flexibility index (Phi) is 1.83. The number of aryl methyl sites for hydroxylation is 1. The molecule has 2 fully saturated rings. The van der Waals surface area contributed by atoms with Crippen LogP contribution in [0.25, 0.3) is 0 Å². The summed E-state index contributed by atoms with van der Waals surface area (Å²) in [4.78, 5) is 0. The molecule has 0 amide bonds. The van der Waals surface area contributed by atoms with Crippen LogP contribution < -0.4 is 5.73 Å². The summed E-state index contributed by atoms with van der Waals surface area (Å²) in [5.41, 5.74) is 7.48. The quantitative estimate of drug-likeness (QED) is 0.755. The maximum Gasteiger partial charge on any atom is 0.121 e. The lowest BCUT2D eigenvalue weighted by atomic mass is 9.93. The third kappa shape index (κ3) is 1.35. The molecular formula is C11H17N3O. The third-order valence-corrected chi connectivity index (χ3v) is 3.97. The van der Waals surface area contributed by atoms with Gasteiger partial charge in [0, 0.05) is 32.2 Å². The molecule has 2 aliphatic rings. The maximum absolute atomic E-state index is 5.80. The lowest BCUT2D eigenvalue weighted by Gasteiger charge is -2.22. The van der Waals surface area contributed by atoms with Crippen molar-refractivity contribution in [3.63, 3.8) is 0 Å². The van der Waals surface area contributed by atoms with Crippen molar-refractivity contribution in [2.45, 2.75) is 25.2 Å². The van der Waals surface area contributed by atoms with E-state index in [1.54, 1.807) is 4.68 Å². The monoisotopic (exact) mass is 207 g/mol. The Labute approximate surface area is 89.4 Å². The van der Waals surface area contributed by atoms with E-state index in [4.69, 9.17) is 10.5 Å². The highest BCUT2D eigenvalue weighted by Crippen LogP contribution is 2.64. The molecule has 1 saturated carbocycles. The van der Waals surface area contributed by atoms with Crippen molar-refractivity contribution in [1.82, 2.24) is 9.78 Å². The van der Waals surface area contributed by atoms with Gasteiger partial charge in [0.1, 0.15) is 5.82 Å². The van der Waals surface area contributed by atoms with Crippen LogP contribution in [0.3, 0.4) is 0 Å². The molecule has 4 nitrogen and oxygen atoms in total. The van der Waals surface area contributed by atoms with E-state index in [-0.39, 0.29) is 0 Å². The summed E-state index contributed by atoms with van der Waals surface area (Å²) in [5, 5.41) is 4.47. The molecule has 1 aromatic heterocycles. The third-order valence-electron chi connectivity index (χ3n) is 3.97. The SMILES string of the molecule is Cn1nc(C2CC23CCOCC3)cc1N. The van der Waals surface area contributed by atoms with E-state index >= 15 is 0 Å². The van der Waals surface area contributed by atoms with Crippen LogP contribution in [-0.4, -0.2) is 23.0 Å². The van der Waals surface area contributed by atoms with Gasteiger partial charge in [0.25, 0.3) is 0 Å². The van der Waals surface area contributed by atoms with Crippen molar-refractivity contribution in [3.8, 4) is 0 Å². The minimum absolute atomic E-state index is 0.499. The fourth-order valence-electron chi connectivity index (χ4n) is 2.77. The second-order valence-electron chi connectivity index (χ2n) is 4.85. The zero-order chi connectivity index (χ0) is 10.5. The number of ether oxygens (including phenoxy) is 1. The smallest absolute Gasteiger partial charge is 0.121 e. The lowest BCUT2D eigenvalue weighted by Crippen LogP contribution is -2.18. The molecule has 2 heterocycles. The van der Waals surface area contributed by atoms with Crippen molar-refractivity contribution >= 4 is 5.82 Å². The number of anilines is 1. The molecule has 3 rings (SSSR count). The highest BCUT2D eigenvalue weighted by atomic mass is 16.5. The van der Waals surface area contributed by atoms with Crippen molar-refractivity contribution in [2.24, 2.45) is 12.5 Å². The fourth-order valence-corrected chi connectivity index (χ4v) is 2.77. The summed E-state index contributed by atoms with van der Waals surface area (Å²) >= 11 is 0. The molecule has 1 aliphatic carbocycles. The van der Waals surface area contributed by atoms with Gasteiger partial charge in [-0.25, -0.2) is 0 Å². The first kappa shape index (κ1) is 9.21. The van der Waals surface area contributed by atoms with Gasteiger partial charge in [-0.2, -0.15) is 5.10 Å². The first-order valence-electron chi connectivity index (χ1n) is 5.58. The molecule has 82 valence electrons. The van der Waals surface area contributed by atoms with Gasteiger partial charge in [-0.3, -0.25) is 4.68 Å². The minimum atomic E-state index is 0.499. The Hall–Kier alpha value is -1.03. The fraction of sp³-hybridized carbons (Fsp3) is 0.727. The van der Waals surface area contributed by atoms with Crippen LogP contribution in [0, 0.1) is 5.41 Å². The number of aromatic nitrogens is 2. The lowest BCUT2D eigenvalue weighted by molar-refractivity contribution is 0.0555. The minimum Gasteiger partial charge on any atom is -0.384 e. The molecule has 0 radical (unpaired) electrons. The highest BCUT2D eigenvalue weighted by Gasteiger charge is 2.55. The Morgan fingerprint density at radius 3 is 2.87 bits per heavy atom. The molecular weight excluding hydrogens is 190 g/mol. The molecule has 0 aromatic carbocycles. The highest BCUT2D eigenvalue weighted by molar-refractivity contribution is 5.36. The van der Waals surface area contributed by atoms with Crippen molar-refractivity contribution in [3.05, 3.63) is 11.8 Å². The molecule has 4 heteroatoms. The molecule has 1 atom stereocenters. The van der Waals surface area contributed by atoms with Gasteiger partial charge in [0.05, 0.1) is 5.69 Å². The number of nitrogens with zero attached hydrogens (tertiary/aromatic N) is 2. The van der Waals surface area contributed by atoms with Crippen LogP contribution in [0.15, 0.2) is 6.07 Å². The standard InChI is InChI=1S/C11H17N3O/c1-14-10(12)6-9(13-14)8-7-11(8)2-4-15-5-3-11/h6,8H,2-5,7,12H2,1H3. The molecule has 1 aliphatic heterocycles. The van der Waals surface area contributed by atoms with Gasteiger partial charge < -0.3 is 10.5 Å². The Balaban J connectivity index is 1.80. The Bertz CT molecular complexity index is 360. The maximum atomic E-state index is 5.80. The Morgan fingerprint density at radius 1 is 1.53 bits per heavy atom. The second-order valence-corrected chi connectivity index (χ2v) is 4.85. The second kappa shape index (κ2) is 2.98. The summed E-state index contributed by atoms with van der Waals surface area (Å²) in [7, 11) is 1.90. The van der Waals surface area contributed by atoms with E-state index in [9.17, 15) is 0 Å². The van der Waals surface area contributed by atoms with Crippen molar-refractivity contribution in [1.29, 1.82) is 0 Å². The predicted molar refractivity (Wildman–Crippen MR) is 57.5 cm³/mol. The van der Waals surface area contributed by atoms with Gasteiger partial charge in [0.2, 0.25) is 0 Å². The van der Waals surface area contributed by atoms with E-state index in [0.29, 0.717) is 11.3 Å². The normalized spacial score (nSPS) is 28.2. The van der Waals surface area contributed by atoms with Crippen LogP contribution in [0.1, 0.15) is 30.9 Å². The number of nitrogens with two attached hydrogens (primary N) is 1. The average Bonchev–Trinajstić information content (AvgIpc) is 2.81. The first-order chi connectivity index (χ1) is 7.21. The van der Waals surface area contributed by atoms with Gasteiger partial charge >= 0.3 is 0 Å². The molecule has 0 bridgehead atoms. The Morgan fingerprint density at radius 2 is 2.27 bits per heavy atom. The zero-order valence-electron chi connectivity index (χ0n) is 9.07. The van der Waals surface area contributed by atoms with Crippen LogP contribution in [0.2, 0.25) is 0 Å². The van der Waals surface area contributed by atoms with Crippen LogP contribution in [0.4, 0.5) is 5.82 Å². The average molecular weight is 207 g/mol. The molecule has 2 N–H and O–H groups in total. The summed E-state index contributed by atoms with van der Waals surface area (Å²) in [6, 6.07) is 2.02. The summed E-state index contributed by atoms with van der Waals surface area (Å²) in [6.07, 6.45) is 3.65. The summed E-state index contributed by atoms with van der Waals surface area (Å²) in [5.74, 6) is 1.39. The molecule has 1 aromatic rings. The van der Waals surface area contributed by atoms with E-state index in [1.165, 1.54) is 25.0 Å².